The van der Waals surface area contributed by atoms with Crippen LogP contribution in [0.3, 0.4) is 0 Å². The first-order valence-electron chi connectivity index (χ1n) is 11.3. The number of fused-ring (bicyclic) bond motifs is 1. The van der Waals surface area contributed by atoms with Crippen molar-refractivity contribution in [3.8, 4) is 0 Å². The molecule has 1 aliphatic rings. The SMILES string of the molecule is CCC/C(Nc1ccc(N(CCN(C)C)S(C)(=O)=O)cc1)=C1/C(=O)Nc2cc(C(=O)OC)ccc21. The molecule has 0 fully saturated rings. The van der Waals surface area contributed by atoms with Crippen molar-refractivity contribution in [1.82, 2.24) is 4.90 Å². The average Bonchev–Trinajstić information content (AvgIpc) is 3.13. The maximum absolute atomic E-state index is 12.9. The van der Waals surface area contributed by atoms with Crippen molar-refractivity contribution in [2.24, 2.45) is 0 Å². The molecule has 2 aromatic rings. The summed E-state index contributed by atoms with van der Waals surface area (Å²) in [4.78, 5) is 26.7. The minimum absolute atomic E-state index is 0.249. The van der Waals surface area contributed by atoms with E-state index in [1.807, 2.05) is 25.9 Å². The van der Waals surface area contributed by atoms with Gasteiger partial charge in [-0.05, 0) is 56.9 Å². The zero-order chi connectivity index (χ0) is 25.8. The van der Waals surface area contributed by atoms with Gasteiger partial charge in [0, 0.05) is 30.0 Å². The van der Waals surface area contributed by atoms with E-state index >= 15 is 0 Å². The second-order valence-electron chi connectivity index (χ2n) is 8.62. The van der Waals surface area contributed by atoms with Crippen LogP contribution in [0.2, 0.25) is 0 Å². The van der Waals surface area contributed by atoms with Gasteiger partial charge in [0.05, 0.1) is 35.9 Å². The molecule has 0 bridgehead atoms. The van der Waals surface area contributed by atoms with Gasteiger partial charge in [-0.3, -0.25) is 9.10 Å². The highest BCUT2D eigenvalue weighted by atomic mass is 32.2. The Morgan fingerprint density at radius 3 is 2.34 bits per heavy atom. The molecule has 0 aromatic heterocycles. The summed E-state index contributed by atoms with van der Waals surface area (Å²) >= 11 is 0. The lowest BCUT2D eigenvalue weighted by atomic mass is 10.0. The number of allylic oxidation sites excluding steroid dienone is 1. The minimum atomic E-state index is -3.43. The Labute approximate surface area is 206 Å². The van der Waals surface area contributed by atoms with Gasteiger partial charge in [-0.1, -0.05) is 19.4 Å². The topological polar surface area (TPSA) is 108 Å². The van der Waals surface area contributed by atoms with Crippen LogP contribution >= 0.6 is 0 Å². The Morgan fingerprint density at radius 2 is 1.77 bits per heavy atom. The number of esters is 1. The number of benzene rings is 2. The second-order valence-corrected chi connectivity index (χ2v) is 10.5. The van der Waals surface area contributed by atoms with Gasteiger partial charge < -0.3 is 20.3 Å². The number of rotatable bonds is 10. The van der Waals surface area contributed by atoms with E-state index in [0.717, 1.165) is 17.8 Å². The van der Waals surface area contributed by atoms with E-state index in [-0.39, 0.29) is 5.91 Å². The quantitative estimate of drug-likeness (QED) is 0.380. The van der Waals surface area contributed by atoms with Gasteiger partial charge in [-0.15, -0.1) is 0 Å². The Kier molecular flexibility index (Phi) is 8.18. The van der Waals surface area contributed by atoms with E-state index in [4.69, 9.17) is 4.74 Å². The van der Waals surface area contributed by atoms with Gasteiger partial charge in [-0.2, -0.15) is 0 Å². The molecule has 3 rings (SSSR count). The largest absolute Gasteiger partial charge is 0.465 e. The molecule has 188 valence electrons. The summed E-state index contributed by atoms with van der Waals surface area (Å²) in [6.45, 7) is 2.95. The molecule has 0 spiro atoms. The van der Waals surface area contributed by atoms with Crippen molar-refractivity contribution >= 4 is 44.5 Å². The van der Waals surface area contributed by atoms with Crippen LogP contribution in [-0.2, 0) is 19.6 Å². The van der Waals surface area contributed by atoms with Crippen molar-refractivity contribution < 1.29 is 22.7 Å². The number of sulfonamides is 1. The number of likely N-dealkylation sites (N-methyl/N-ethyl adjacent to an activating group) is 1. The first kappa shape index (κ1) is 26.2. The molecule has 0 saturated heterocycles. The fourth-order valence-corrected chi connectivity index (χ4v) is 4.80. The summed E-state index contributed by atoms with van der Waals surface area (Å²) in [6.07, 6.45) is 2.63. The second kappa shape index (κ2) is 10.9. The molecule has 1 heterocycles. The fourth-order valence-electron chi connectivity index (χ4n) is 3.88. The minimum Gasteiger partial charge on any atom is -0.465 e. The number of hydrogen-bond donors (Lipinski definition) is 2. The smallest absolute Gasteiger partial charge is 0.337 e. The van der Waals surface area contributed by atoms with Gasteiger partial charge in [0.25, 0.3) is 5.91 Å². The summed E-state index contributed by atoms with van der Waals surface area (Å²) in [5.74, 6) is -0.721. The number of nitrogens with one attached hydrogen (secondary N) is 2. The predicted molar refractivity (Wildman–Crippen MR) is 139 cm³/mol. The monoisotopic (exact) mass is 500 g/mol. The third kappa shape index (κ3) is 6.20. The third-order valence-corrected chi connectivity index (χ3v) is 6.78. The standard InChI is InChI=1S/C25H32N4O5S/c1-6-7-21(23-20-13-8-17(25(31)34-4)16-22(20)27-24(23)30)26-18-9-11-19(12-10-18)29(35(5,32)33)15-14-28(2)3/h8-13,16,26H,6-7,14-15H2,1-5H3,(H,27,30)/b23-21-. The molecule has 10 heteroatoms. The highest BCUT2D eigenvalue weighted by Crippen LogP contribution is 2.36. The van der Waals surface area contributed by atoms with Crippen LogP contribution in [0.25, 0.3) is 5.57 Å². The van der Waals surface area contributed by atoms with Gasteiger partial charge >= 0.3 is 5.97 Å². The normalized spacial score (nSPS) is 14.4. The van der Waals surface area contributed by atoms with Crippen LogP contribution < -0.4 is 14.9 Å². The van der Waals surface area contributed by atoms with E-state index in [2.05, 4.69) is 10.6 Å². The highest BCUT2D eigenvalue weighted by molar-refractivity contribution is 7.92. The number of amides is 1. The van der Waals surface area contributed by atoms with Crippen molar-refractivity contribution in [3.05, 3.63) is 59.3 Å². The molecule has 0 saturated carbocycles. The molecule has 35 heavy (non-hydrogen) atoms. The highest BCUT2D eigenvalue weighted by Gasteiger charge is 2.28. The van der Waals surface area contributed by atoms with E-state index in [9.17, 15) is 18.0 Å². The third-order valence-electron chi connectivity index (χ3n) is 5.59. The van der Waals surface area contributed by atoms with E-state index in [1.54, 1.807) is 42.5 Å². The summed E-state index contributed by atoms with van der Waals surface area (Å²) in [5, 5.41) is 6.18. The van der Waals surface area contributed by atoms with Crippen molar-refractivity contribution in [3.63, 3.8) is 0 Å². The molecule has 2 aromatic carbocycles. The number of nitrogens with zero attached hydrogens (tertiary/aromatic N) is 2. The first-order valence-corrected chi connectivity index (χ1v) is 13.2. The van der Waals surface area contributed by atoms with Crippen molar-refractivity contribution in [2.75, 3.05) is 55.5 Å². The van der Waals surface area contributed by atoms with E-state index in [0.29, 0.717) is 47.6 Å². The van der Waals surface area contributed by atoms with E-state index in [1.165, 1.54) is 17.7 Å². The van der Waals surface area contributed by atoms with Crippen LogP contribution in [0.5, 0.6) is 0 Å². The zero-order valence-electron chi connectivity index (χ0n) is 20.7. The molecular formula is C25H32N4O5S. The van der Waals surface area contributed by atoms with E-state index < -0.39 is 16.0 Å². The lowest BCUT2D eigenvalue weighted by molar-refractivity contribution is -0.110. The number of hydrogen-bond acceptors (Lipinski definition) is 7. The summed E-state index contributed by atoms with van der Waals surface area (Å²) in [6, 6.07) is 12.1. The number of methoxy groups -OCH3 is 1. The molecule has 1 aliphatic heterocycles. The number of carbonyl (C=O) groups excluding carboxylic acids is 2. The number of ether oxygens (including phenoxy) is 1. The maximum atomic E-state index is 12.9. The molecule has 1 amide bonds. The summed E-state index contributed by atoms with van der Waals surface area (Å²) < 4.78 is 30.8. The van der Waals surface area contributed by atoms with Gasteiger partial charge in [-0.25, -0.2) is 13.2 Å². The molecule has 0 unspecified atom stereocenters. The van der Waals surface area contributed by atoms with Crippen LogP contribution in [0.15, 0.2) is 48.2 Å². The van der Waals surface area contributed by atoms with Crippen molar-refractivity contribution in [1.29, 1.82) is 0 Å². The average molecular weight is 501 g/mol. The predicted octanol–water partition coefficient (Wildman–Crippen LogP) is 3.38. The molecule has 0 radical (unpaired) electrons. The Bertz CT molecular complexity index is 1240. The zero-order valence-corrected chi connectivity index (χ0v) is 21.5. The lowest BCUT2D eigenvalue weighted by Crippen LogP contribution is -2.35. The van der Waals surface area contributed by atoms with Crippen LogP contribution in [0, 0.1) is 0 Å². The first-order chi connectivity index (χ1) is 16.5. The number of anilines is 3. The van der Waals surface area contributed by atoms with Gasteiger partial charge in [0.2, 0.25) is 10.0 Å². The van der Waals surface area contributed by atoms with Gasteiger partial charge in [0.15, 0.2) is 0 Å². The maximum Gasteiger partial charge on any atom is 0.337 e. The molecule has 0 atom stereocenters. The summed E-state index contributed by atoms with van der Waals surface area (Å²) in [7, 11) is 1.66. The van der Waals surface area contributed by atoms with Gasteiger partial charge in [0.1, 0.15) is 0 Å². The fraction of sp³-hybridized carbons (Fsp3) is 0.360. The van der Waals surface area contributed by atoms with Crippen LogP contribution in [-0.4, -0.2) is 65.7 Å². The Hall–Kier alpha value is -3.37. The van der Waals surface area contributed by atoms with Crippen LogP contribution in [0.4, 0.5) is 17.1 Å². The number of carbonyl (C=O) groups is 2. The lowest BCUT2D eigenvalue weighted by Gasteiger charge is -2.24. The van der Waals surface area contributed by atoms with Crippen molar-refractivity contribution in [2.45, 2.75) is 19.8 Å². The molecule has 0 aliphatic carbocycles. The molecular weight excluding hydrogens is 468 g/mol. The Morgan fingerprint density at radius 1 is 1.09 bits per heavy atom. The molecule has 2 N–H and O–H groups in total. The van der Waals surface area contributed by atoms with Crippen LogP contribution in [0.1, 0.15) is 35.7 Å². The Balaban J connectivity index is 1.92. The summed E-state index contributed by atoms with van der Waals surface area (Å²) in [5.41, 5.74) is 4.20. The molecule has 9 nitrogen and oxygen atoms in total.